The van der Waals surface area contributed by atoms with E-state index in [9.17, 15) is 29.2 Å². The van der Waals surface area contributed by atoms with E-state index in [0.29, 0.717) is 5.69 Å². The molecule has 0 aromatic carbocycles. The van der Waals surface area contributed by atoms with Gasteiger partial charge in [-0.2, -0.15) is 5.26 Å². The number of H-pyrrole nitrogens is 1. The van der Waals surface area contributed by atoms with Gasteiger partial charge in [-0.25, -0.2) is 4.79 Å². The van der Waals surface area contributed by atoms with Gasteiger partial charge in [0.25, 0.3) is 11.1 Å². The number of aromatic amines is 1. The number of aromatic nitrogens is 3. The third kappa shape index (κ3) is 4.71. The number of rotatable bonds is 5. The second kappa shape index (κ2) is 10.0. The molecule has 0 aliphatic carbocycles. The van der Waals surface area contributed by atoms with Gasteiger partial charge in [0, 0.05) is 50.8 Å². The first-order valence-corrected chi connectivity index (χ1v) is 11.5. The van der Waals surface area contributed by atoms with Crippen molar-refractivity contribution in [3.63, 3.8) is 0 Å². The smallest absolute Gasteiger partial charge is 0.330 e. The molecular weight excluding hydrogens is 502 g/mol. The summed E-state index contributed by atoms with van der Waals surface area (Å²) in [5.41, 5.74) is 3.99. The van der Waals surface area contributed by atoms with Crippen LogP contribution >= 0.6 is 0 Å². The van der Waals surface area contributed by atoms with Gasteiger partial charge in [-0.15, -0.1) is 0 Å². The van der Waals surface area contributed by atoms with Crippen LogP contribution in [0.25, 0.3) is 0 Å². The summed E-state index contributed by atoms with van der Waals surface area (Å²) < 4.78 is 24.1. The standard InChI is InChI=1S/C24H25N5O9/c1-10-5-16-20(23(33)28(10)4)19(13(7-25)21(26)38-16)14-8-29(24(34)27-22(14)32)18-6-15(36-12(3)31)17(37-18)9-35-11(2)30/h5,8,15,17-19H,6,9,26H2,1-4H3,(H,27,32,34)/t15-,17+,18+,19?/m0/s1. The number of hydrogen-bond acceptors (Lipinski definition) is 11. The fourth-order valence-electron chi connectivity index (χ4n) is 4.53. The summed E-state index contributed by atoms with van der Waals surface area (Å²) in [4.78, 5) is 64.2. The number of nitrogens with zero attached hydrogens (tertiary/aromatic N) is 3. The fourth-order valence-corrected chi connectivity index (χ4v) is 4.53. The van der Waals surface area contributed by atoms with E-state index in [1.807, 2.05) is 6.07 Å². The Labute approximate surface area is 214 Å². The number of ether oxygens (including phenoxy) is 4. The summed E-state index contributed by atoms with van der Waals surface area (Å²) >= 11 is 0. The summed E-state index contributed by atoms with van der Waals surface area (Å²) in [5.74, 6) is -2.64. The van der Waals surface area contributed by atoms with Crippen LogP contribution in [-0.2, 0) is 30.8 Å². The molecule has 200 valence electrons. The van der Waals surface area contributed by atoms with Gasteiger partial charge in [0.2, 0.25) is 5.88 Å². The highest BCUT2D eigenvalue weighted by Gasteiger charge is 2.41. The maximum atomic E-state index is 13.2. The Morgan fingerprint density at radius 3 is 2.61 bits per heavy atom. The second-order valence-electron chi connectivity index (χ2n) is 8.92. The van der Waals surface area contributed by atoms with Crippen molar-refractivity contribution in [2.24, 2.45) is 12.8 Å². The molecule has 0 amide bonds. The third-order valence-electron chi connectivity index (χ3n) is 6.42. The number of nitriles is 1. The zero-order valence-electron chi connectivity index (χ0n) is 21.0. The van der Waals surface area contributed by atoms with Crippen LogP contribution in [0.3, 0.4) is 0 Å². The summed E-state index contributed by atoms with van der Waals surface area (Å²) in [6, 6.07) is 3.46. The molecule has 2 aliphatic rings. The van der Waals surface area contributed by atoms with Crippen molar-refractivity contribution in [1.29, 1.82) is 5.26 Å². The molecule has 4 rings (SSSR count). The number of nitrogens with two attached hydrogens (primary N) is 1. The quantitative estimate of drug-likeness (QED) is 0.477. The highest BCUT2D eigenvalue weighted by Crippen LogP contribution is 2.39. The van der Waals surface area contributed by atoms with Gasteiger partial charge < -0.3 is 29.2 Å². The molecule has 0 saturated carbocycles. The van der Waals surface area contributed by atoms with Crippen molar-refractivity contribution < 1.29 is 28.5 Å². The van der Waals surface area contributed by atoms with Gasteiger partial charge in [-0.05, 0) is 6.92 Å². The van der Waals surface area contributed by atoms with E-state index in [2.05, 4.69) is 4.98 Å². The van der Waals surface area contributed by atoms with Crippen molar-refractivity contribution in [2.75, 3.05) is 6.61 Å². The maximum absolute atomic E-state index is 13.2. The first kappa shape index (κ1) is 26.4. The van der Waals surface area contributed by atoms with Crippen LogP contribution in [0.2, 0.25) is 0 Å². The molecule has 38 heavy (non-hydrogen) atoms. The van der Waals surface area contributed by atoms with Gasteiger partial charge >= 0.3 is 17.6 Å². The van der Waals surface area contributed by atoms with E-state index in [-0.39, 0.29) is 41.4 Å². The summed E-state index contributed by atoms with van der Waals surface area (Å²) in [7, 11) is 1.53. The topological polar surface area (TPSA) is 198 Å². The predicted molar refractivity (Wildman–Crippen MR) is 128 cm³/mol. The molecule has 4 atom stereocenters. The zero-order valence-corrected chi connectivity index (χ0v) is 21.0. The Kier molecular flexibility index (Phi) is 6.97. The minimum absolute atomic E-state index is 0.00239. The molecule has 1 fully saturated rings. The monoisotopic (exact) mass is 527 g/mol. The minimum atomic E-state index is -1.25. The lowest BCUT2D eigenvalue weighted by molar-refractivity contribution is -0.155. The number of fused-ring (bicyclic) bond motifs is 1. The summed E-state index contributed by atoms with van der Waals surface area (Å²) in [6.07, 6.45) is -1.63. The van der Waals surface area contributed by atoms with E-state index in [1.54, 1.807) is 13.0 Å². The van der Waals surface area contributed by atoms with Crippen molar-refractivity contribution in [2.45, 2.75) is 51.5 Å². The lowest BCUT2D eigenvalue weighted by atomic mass is 9.85. The normalized spacial score (nSPS) is 22.3. The lowest BCUT2D eigenvalue weighted by Crippen LogP contribution is -2.38. The summed E-state index contributed by atoms with van der Waals surface area (Å²) in [5, 5.41) is 9.85. The van der Waals surface area contributed by atoms with Crippen molar-refractivity contribution in [3.05, 3.63) is 71.7 Å². The van der Waals surface area contributed by atoms with Crippen LogP contribution in [-0.4, -0.2) is 44.9 Å². The van der Waals surface area contributed by atoms with E-state index in [1.165, 1.54) is 31.7 Å². The van der Waals surface area contributed by atoms with Crippen molar-refractivity contribution in [1.82, 2.24) is 14.1 Å². The highest BCUT2D eigenvalue weighted by atomic mass is 16.6. The number of nitrogens with one attached hydrogen (secondary N) is 1. The number of allylic oxidation sites excluding steroid dienone is 1. The molecule has 14 nitrogen and oxygen atoms in total. The first-order valence-electron chi connectivity index (χ1n) is 11.5. The molecule has 4 heterocycles. The van der Waals surface area contributed by atoms with Crippen molar-refractivity contribution >= 4 is 11.9 Å². The maximum Gasteiger partial charge on any atom is 0.330 e. The average molecular weight is 527 g/mol. The number of carbonyl (C=O) groups is 2. The minimum Gasteiger partial charge on any atom is -0.463 e. The lowest BCUT2D eigenvalue weighted by Gasteiger charge is -2.26. The van der Waals surface area contributed by atoms with Crippen LogP contribution in [0.15, 0.2) is 38.1 Å². The van der Waals surface area contributed by atoms with Crippen LogP contribution in [0.1, 0.15) is 49.2 Å². The number of aryl methyl sites for hydroxylation is 1. The highest BCUT2D eigenvalue weighted by molar-refractivity contribution is 5.66. The molecule has 1 unspecified atom stereocenters. The number of hydrogen-bond donors (Lipinski definition) is 2. The number of esters is 2. The Hall–Kier alpha value is -4.64. The van der Waals surface area contributed by atoms with Gasteiger partial charge in [0.1, 0.15) is 42.4 Å². The van der Waals surface area contributed by atoms with Gasteiger partial charge in [-0.3, -0.25) is 28.7 Å². The third-order valence-corrected chi connectivity index (χ3v) is 6.42. The molecule has 2 aromatic rings. The van der Waals surface area contributed by atoms with E-state index in [0.717, 1.165) is 4.57 Å². The average Bonchev–Trinajstić information content (AvgIpc) is 3.22. The molecule has 2 aliphatic heterocycles. The fraction of sp³-hybridized carbons (Fsp3) is 0.417. The Morgan fingerprint density at radius 1 is 1.26 bits per heavy atom. The van der Waals surface area contributed by atoms with Crippen LogP contribution in [0.4, 0.5) is 0 Å². The van der Waals surface area contributed by atoms with E-state index in [4.69, 9.17) is 24.7 Å². The van der Waals surface area contributed by atoms with Gasteiger partial charge in [-0.1, -0.05) is 0 Å². The van der Waals surface area contributed by atoms with E-state index >= 15 is 0 Å². The second-order valence-corrected chi connectivity index (χ2v) is 8.92. The van der Waals surface area contributed by atoms with E-state index < -0.39 is 53.1 Å². The van der Waals surface area contributed by atoms with Gasteiger partial charge in [0.15, 0.2) is 0 Å². The largest absolute Gasteiger partial charge is 0.463 e. The first-order chi connectivity index (χ1) is 17.9. The Bertz CT molecular complexity index is 1580. The Balaban J connectivity index is 1.84. The van der Waals surface area contributed by atoms with Crippen LogP contribution in [0, 0.1) is 18.3 Å². The molecule has 3 N–H and O–H groups in total. The molecule has 2 aromatic heterocycles. The Morgan fingerprint density at radius 2 is 1.97 bits per heavy atom. The zero-order chi connectivity index (χ0) is 27.9. The number of pyridine rings is 1. The number of carbonyl (C=O) groups excluding carboxylic acids is 2. The summed E-state index contributed by atoms with van der Waals surface area (Å²) in [6.45, 7) is 3.84. The molecule has 0 bridgehead atoms. The molecule has 1 saturated heterocycles. The predicted octanol–water partition coefficient (Wildman–Crippen LogP) is -0.456. The molecular formula is C24H25N5O9. The molecule has 14 heteroatoms. The van der Waals surface area contributed by atoms with Crippen LogP contribution < -0.4 is 27.3 Å². The van der Waals surface area contributed by atoms with Gasteiger partial charge in [0.05, 0.1) is 11.5 Å². The molecule has 0 radical (unpaired) electrons. The van der Waals surface area contributed by atoms with Crippen molar-refractivity contribution in [3.8, 4) is 11.8 Å². The SMILES string of the molecule is CC(=O)OC[C@H]1O[C@@H](n2cc(C3C(C#N)=C(N)Oc4cc(C)n(C)c(=O)c43)c(=O)[nH]c2=O)C[C@@H]1OC(C)=O. The molecule has 0 spiro atoms. The van der Waals surface area contributed by atoms with Crippen LogP contribution in [0.5, 0.6) is 5.75 Å².